The standard InChI is InChI=1S/C18H16N4O2S/c23-16(21-18(24)19-10-13-6-2-1-3-7-13)12-25-17-15-9-5-4-8-14(15)11-20-22-17/h1-9,11H,10,12H2,(H2,19,21,23,24). The van der Waals surface area contributed by atoms with Gasteiger partial charge in [0.1, 0.15) is 5.03 Å². The van der Waals surface area contributed by atoms with Gasteiger partial charge in [-0.25, -0.2) is 4.79 Å². The molecule has 0 saturated heterocycles. The molecule has 0 aliphatic rings. The van der Waals surface area contributed by atoms with Gasteiger partial charge < -0.3 is 5.32 Å². The summed E-state index contributed by atoms with van der Waals surface area (Å²) in [6.07, 6.45) is 1.68. The van der Waals surface area contributed by atoms with Crippen molar-refractivity contribution in [1.82, 2.24) is 20.8 Å². The monoisotopic (exact) mass is 352 g/mol. The van der Waals surface area contributed by atoms with Crippen molar-refractivity contribution < 1.29 is 9.59 Å². The van der Waals surface area contributed by atoms with E-state index in [1.807, 2.05) is 54.6 Å². The predicted octanol–water partition coefficient (Wildman–Crippen LogP) is 2.75. The lowest BCUT2D eigenvalue weighted by Crippen LogP contribution is -2.39. The second kappa shape index (κ2) is 8.25. The molecular formula is C18H16N4O2S. The zero-order valence-electron chi connectivity index (χ0n) is 13.3. The Kier molecular flexibility index (Phi) is 5.58. The van der Waals surface area contributed by atoms with Crippen molar-refractivity contribution in [3.05, 3.63) is 66.4 Å². The Morgan fingerprint density at radius 2 is 1.76 bits per heavy atom. The van der Waals surface area contributed by atoms with E-state index in [1.165, 1.54) is 11.8 Å². The van der Waals surface area contributed by atoms with Crippen LogP contribution in [-0.4, -0.2) is 27.9 Å². The fourth-order valence-electron chi connectivity index (χ4n) is 2.23. The number of hydrogen-bond donors (Lipinski definition) is 2. The van der Waals surface area contributed by atoms with Gasteiger partial charge in [0, 0.05) is 17.3 Å². The Bertz CT molecular complexity index is 881. The number of benzene rings is 2. The third-order valence-electron chi connectivity index (χ3n) is 3.43. The van der Waals surface area contributed by atoms with Crippen molar-refractivity contribution in [3.63, 3.8) is 0 Å². The number of nitrogens with one attached hydrogen (secondary N) is 2. The average Bonchev–Trinajstić information content (AvgIpc) is 2.65. The second-order valence-electron chi connectivity index (χ2n) is 5.24. The zero-order valence-corrected chi connectivity index (χ0v) is 14.1. The van der Waals surface area contributed by atoms with Crippen LogP contribution in [0.25, 0.3) is 10.8 Å². The van der Waals surface area contributed by atoms with E-state index < -0.39 is 6.03 Å². The fourth-order valence-corrected chi connectivity index (χ4v) is 3.01. The van der Waals surface area contributed by atoms with E-state index >= 15 is 0 Å². The van der Waals surface area contributed by atoms with E-state index in [4.69, 9.17) is 0 Å². The number of rotatable bonds is 5. The molecule has 0 fully saturated rings. The first-order valence-electron chi connectivity index (χ1n) is 7.67. The SMILES string of the molecule is O=C(CSc1nncc2ccccc12)NC(=O)NCc1ccccc1. The number of carbonyl (C=O) groups excluding carboxylic acids is 2. The quantitative estimate of drug-likeness (QED) is 0.690. The van der Waals surface area contributed by atoms with Crippen molar-refractivity contribution in [1.29, 1.82) is 0 Å². The predicted molar refractivity (Wildman–Crippen MR) is 97.1 cm³/mol. The largest absolute Gasteiger partial charge is 0.334 e. The number of hydrogen-bond acceptors (Lipinski definition) is 5. The Balaban J connectivity index is 1.50. The van der Waals surface area contributed by atoms with Gasteiger partial charge in [-0.3, -0.25) is 10.1 Å². The number of thioether (sulfide) groups is 1. The number of aromatic nitrogens is 2. The zero-order chi connectivity index (χ0) is 17.5. The number of carbonyl (C=O) groups is 2. The molecule has 0 aliphatic heterocycles. The Morgan fingerprint density at radius 1 is 1.00 bits per heavy atom. The highest BCUT2D eigenvalue weighted by molar-refractivity contribution is 8.00. The van der Waals surface area contributed by atoms with Crippen molar-refractivity contribution in [2.75, 3.05) is 5.75 Å². The lowest BCUT2D eigenvalue weighted by molar-refractivity contribution is -0.117. The van der Waals surface area contributed by atoms with Gasteiger partial charge in [-0.15, -0.1) is 5.10 Å². The van der Waals surface area contributed by atoms with Crippen LogP contribution < -0.4 is 10.6 Å². The molecule has 0 unspecified atom stereocenters. The second-order valence-corrected chi connectivity index (χ2v) is 6.21. The molecule has 0 aliphatic carbocycles. The van der Waals surface area contributed by atoms with E-state index in [1.54, 1.807) is 6.20 Å². The topological polar surface area (TPSA) is 84.0 Å². The molecule has 2 N–H and O–H groups in total. The Morgan fingerprint density at radius 3 is 2.60 bits per heavy atom. The smallest absolute Gasteiger partial charge is 0.321 e. The van der Waals surface area contributed by atoms with Crippen LogP contribution in [0.1, 0.15) is 5.56 Å². The molecule has 1 heterocycles. The number of nitrogens with zero attached hydrogens (tertiary/aromatic N) is 2. The highest BCUT2D eigenvalue weighted by Gasteiger charge is 2.10. The van der Waals surface area contributed by atoms with Crippen molar-refractivity contribution >= 4 is 34.5 Å². The summed E-state index contributed by atoms with van der Waals surface area (Å²) >= 11 is 1.25. The first-order chi connectivity index (χ1) is 12.2. The average molecular weight is 352 g/mol. The number of amides is 3. The first kappa shape index (κ1) is 16.9. The summed E-state index contributed by atoms with van der Waals surface area (Å²) in [5, 5.41) is 15.5. The summed E-state index contributed by atoms with van der Waals surface area (Å²) in [4.78, 5) is 23.7. The molecule has 3 rings (SSSR count). The molecule has 3 amide bonds. The van der Waals surface area contributed by atoms with E-state index in [0.29, 0.717) is 11.6 Å². The van der Waals surface area contributed by atoms with Gasteiger partial charge in [-0.1, -0.05) is 66.4 Å². The molecule has 6 nitrogen and oxygen atoms in total. The summed E-state index contributed by atoms with van der Waals surface area (Å²) in [5.74, 6) is -0.299. The maximum Gasteiger partial charge on any atom is 0.321 e. The molecule has 0 bridgehead atoms. The van der Waals surface area contributed by atoms with Crippen molar-refractivity contribution in [2.45, 2.75) is 11.6 Å². The lowest BCUT2D eigenvalue weighted by atomic mass is 10.2. The normalized spacial score (nSPS) is 10.4. The number of urea groups is 1. The maximum absolute atomic E-state index is 11.9. The maximum atomic E-state index is 11.9. The van der Waals surface area contributed by atoms with E-state index in [-0.39, 0.29) is 11.7 Å². The highest BCUT2D eigenvalue weighted by atomic mass is 32.2. The van der Waals surface area contributed by atoms with Gasteiger partial charge >= 0.3 is 6.03 Å². The van der Waals surface area contributed by atoms with Crippen molar-refractivity contribution in [3.8, 4) is 0 Å². The minimum absolute atomic E-state index is 0.0848. The summed E-state index contributed by atoms with van der Waals surface area (Å²) in [5.41, 5.74) is 0.963. The molecular weight excluding hydrogens is 336 g/mol. The minimum Gasteiger partial charge on any atom is -0.334 e. The summed E-state index contributed by atoms with van der Waals surface area (Å²) in [6.45, 7) is 0.363. The summed E-state index contributed by atoms with van der Waals surface area (Å²) < 4.78 is 0. The fraction of sp³-hybridized carbons (Fsp3) is 0.111. The van der Waals surface area contributed by atoms with E-state index in [2.05, 4.69) is 20.8 Å². The Labute approximate surface area is 149 Å². The molecule has 0 atom stereocenters. The van der Waals surface area contributed by atoms with Crippen molar-refractivity contribution in [2.24, 2.45) is 0 Å². The van der Waals surface area contributed by atoms with Gasteiger partial charge in [0.25, 0.3) is 0 Å². The van der Waals surface area contributed by atoms with Crippen LogP contribution >= 0.6 is 11.8 Å². The van der Waals surface area contributed by atoms with E-state index in [0.717, 1.165) is 16.3 Å². The van der Waals surface area contributed by atoms with Crippen LogP contribution in [0.3, 0.4) is 0 Å². The summed E-state index contributed by atoms with van der Waals surface area (Å²) in [6, 6.07) is 16.7. The molecule has 25 heavy (non-hydrogen) atoms. The third-order valence-corrected chi connectivity index (χ3v) is 4.41. The number of fused-ring (bicyclic) bond motifs is 1. The molecule has 7 heteroatoms. The van der Waals surface area contributed by atoms with Crippen LogP contribution in [0.5, 0.6) is 0 Å². The lowest BCUT2D eigenvalue weighted by Gasteiger charge is -2.07. The van der Waals surface area contributed by atoms with Crippen LogP contribution in [-0.2, 0) is 11.3 Å². The molecule has 126 valence electrons. The molecule has 3 aromatic rings. The highest BCUT2D eigenvalue weighted by Crippen LogP contribution is 2.24. The van der Waals surface area contributed by atoms with Gasteiger partial charge in [0.15, 0.2) is 0 Å². The molecule has 2 aromatic carbocycles. The van der Waals surface area contributed by atoms with Crippen LogP contribution in [0.4, 0.5) is 4.79 Å². The molecule has 0 saturated carbocycles. The molecule has 1 aromatic heterocycles. The van der Waals surface area contributed by atoms with E-state index in [9.17, 15) is 9.59 Å². The van der Waals surface area contributed by atoms with Gasteiger partial charge in [0.05, 0.1) is 11.9 Å². The van der Waals surface area contributed by atoms with Crippen LogP contribution in [0.2, 0.25) is 0 Å². The molecule has 0 spiro atoms. The number of imide groups is 1. The third kappa shape index (κ3) is 4.77. The molecule has 0 radical (unpaired) electrons. The first-order valence-corrected chi connectivity index (χ1v) is 8.66. The minimum atomic E-state index is -0.515. The Hall–Kier alpha value is -2.93. The van der Waals surface area contributed by atoms with Gasteiger partial charge in [0.2, 0.25) is 5.91 Å². The van der Waals surface area contributed by atoms with Crippen LogP contribution in [0, 0.1) is 0 Å². The van der Waals surface area contributed by atoms with Crippen LogP contribution in [0.15, 0.2) is 65.8 Å². The summed E-state index contributed by atoms with van der Waals surface area (Å²) in [7, 11) is 0. The van der Waals surface area contributed by atoms with Gasteiger partial charge in [-0.05, 0) is 5.56 Å². The van der Waals surface area contributed by atoms with Gasteiger partial charge in [-0.2, -0.15) is 5.10 Å².